The van der Waals surface area contributed by atoms with Gasteiger partial charge in [-0.1, -0.05) is 127 Å². The fourth-order valence-electron chi connectivity index (χ4n) is 4.58. The van der Waals surface area contributed by atoms with Gasteiger partial charge in [-0.2, -0.15) is 4.72 Å². The van der Waals surface area contributed by atoms with Crippen LogP contribution in [0.5, 0.6) is 0 Å². The number of carbonyl (C=O) groups excluding carboxylic acids is 1. The second-order valence-electron chi connectivity index (χ2n) is 9.15. The van der Waals surface area contributed by atoms with Gasteiger partial charge in [-0.3, -0.25) is 4.79 Å². The van der Waals surface area contributed by atoms with E-state index in [4.69, 9.17) is 0 Å². The molecule has 1 amide bonds. The summed E-state index contributed by atoms with van der Waals surface area (Å²) in [6.45, 7) is 0. The molecule has 0 aliphatic carbocycles. The number of hydrogen-bond acceptors (Lipinski definition) is 3. The van der Waals surface area contributed by atoms with Gasteiger partial charge in [0.1, 0.15) is 0 Å². The van der Waals surface area contributed by atoms with Crippen molar-refractivity contribution in [1.29, 1.82) is 0 Å². The summed E-state index contributed by atoms with van der Waals surface area (Å²) in [5, 5.41) is 2.94. The lowest BCUT2D eigenvalue weighted by Crippen LogP contribution is -2.29. The molecule has 0 atom stereocenters. The van der Waals surface area contributed by atoms with E-state index >= 15 is 0 Å². The van der Waals surface area contributed by atoms with Crippen LogP contribution in [0.25, 0.3) is 0 Å². The second-order valence-corrected chi connectivity index (χ2v) is 10.9. The average molecular weight is 533 g/mol. The van der Waals surface area contributed by atoms with Crippen molar-refractivity contribution in [3.05, 3.63) is 168 Å². The van der Waals surface area contributed by atoms with Crippen molar-refractivity contribution in [1.82, 2.24) is 4.72 Å². The first-order valence-electron chi connectivity index (χ1n) is 12.6. The predicted molar refractivity (Wildman–Crippen MR) is 155 cm³/mol. The number of amides is 1. The summed E-state index contributed by atoms with van der Waals surface area (Å²) in [6, 6.07) is 43.7. The van der Waals surface area contributed by atoms with Crippen LogP contribution >= 0.6 is 0 Å². The van der Waals surface area contributed by atoms with Crippen LogP contribution in [-0.2, 0) is 14.8 Å². The largest absolute Gasteiger partial charge is 0.325 e. The lowest BCUT2D eigenvalue weighted by molar-refractivity contribution is -0.116. The van der Waals surface area contributed by atoms with Gasteiger partial charge in [0.05, 0.1) is 16.9 Å². The summed E-state index contributed by atoms with van der Waals surface area (Å²) < 4.78 is 30.0. The number of hydrogen-bond donors (Lipinski definition) is 2. The van der Waals surface area contributed by atoms with Crippen LogP contribution in [0.3, 0.4) is 0 Å². The Morgan fingerprint density at radius 3 is 1.44 bits per heavy atom. The van der Waals surface area contributed by atoms with E-state index in [9.17, 15) is 13.2 Å². The van der Waals surface area contributed by atoms with E-state index in [-0.39, 0.29) is 10.8 Å². The lowest BCUT2D eigenvalue weighted by atomic mass is 9.90. The van der Waals surface area contributed by atoms with E-state index in [1.807, 2.05) is 121 Å². The molecule has 0 radical (unpaired) electrons. The molecule has 5 aromatic rings. The van der Waals surface area contributed by atoms with Gasteiger partial charge >= 0.3 is 0 Å². The lowest BCUT2D eigenvalue weighted by Gasteiger charge is -2.21. The van der Waals surface area contributed by atoms with Crippen LogP contribution in [0.2, 0.25) is 0 Å². The Balaban J connectivity index is 1.42. The first kappa shape index (κ1) is 26.1. The third kappa shape index (κ3) is 6.32. The van der Waals surface area contributed by atoms with E-state index in [2.05, 4.69) is 10.0 Å². The van der Waals surface area contributed by atoms with Crippen LogP contribution in [0, 0.1) is 0 Å². The quantitative estimate of drug-likeness (QED) is 0.227. The minimum Gasteiger partial charge on any atom is -0.325 e. The number of carbonyl (C=O) groups is 1. The molecular weight excluding hydrogens is 504 g/mol. The summed E-state index contributed by atoms with van der Waals surface area (Å²) >= 11 is 0. The third-order valence-electron chi connectivity index (χ3n) is 6.48. The zero-order valence-corrected chi connectivity index (χ0v) is 22.0. The Kier molecular flexibility index (Phi) is 7.96. The summed E-state index contributed by atoms with van der Waals surface area (Å²) in [4.78, 5) is 13.6. The van der Waals surface area contributed by atoms with Gasteiger partial charge in [0.2, 0.25) is 15.9 Å². The maximum absolute atomic E-state index is 13.6. The molecule has 0 aliphatic heterocycles. The molecular formula is C33H28N2O3S. The molecule has 0 saturated heterocycles. The first-order valence-corrected chi connectivity index (χ1v) is 14.1. The molecule has 0 heterocycles. The van der Waals surface area contributed by atoms with E-state index in [1.54, 1.807) is 12.1 Å². The highest BCUT2D eigenvalue weighted by Gasteiger charge is 2.25. The Labute approximate surface area is 229 Å². The number of rotatable bonds is 9. The van der Waals surface area contributed by atoms with E-state index in [0.717, 1.165) is 22.3 Å². The molecule has 6 heteroatoms. The van der Waals surface area contributed by atoms with Gasteiger partial charge in [-0.25, -0.2) is 8.42 Å². The monoisotopic (exact) mass is 532 g/mol. The Morgan fingerprint density at radius 2 is 0.974 bits per heavy atom. The van der Waals surface area contributed by atoms with Crippen LogP contribution < -0.4 is 10.0 Å². The summed E-state index contributed by atoms with van der Waals surface area (Å²) in [6.07, 6.45) is 0. The highest BCUT2D eigenvalue weighted by Crippen LogP contribution is 2.28. The summed E-state index contributed by atoms with van der Waals surface area (Å²) in [5.74, 6) is -0.798. The minimum atomic E-state index is -3.94. The van der Waals surface area contributed by atoms with Crippen LogP contribution in [0.1, 0.15) is 34.2 Å². The zero-order chi connectivity index (χ0) is 27.1. The van der Waals surface area contributed by atoms with Crippen molar-refractivity contribution in [2.75, 3.05) is 5.32 Å². The smallest absolute Gasteiger partial charge is 0.241 e. The number of nitrogens with one attached hydrogen (secondary N) is 2. The molecule has 5 rings (SSSR count). The van der Waals surface area contributed by atoms with Crippen LogP contribution in [-0.4, -0.2) is 14.3 Å². The predicted octanol–water partition coefficient (Wildman–Crippen LogP) is 6.53. The summed E-state index contributed by atoms with van der Waals surface area (Å²) in [7, 11) is -3.94. The van der Waals surface area contributed by atoms with Crippen LogP contribution in [0.4, 0.5) is 5.69 Å². The maximum atomic E-state index is 13.6. The second kappa shape index (κ2) is 11.9. The number of anilines is 1. The van der Waals surface area contributed by atoms with E-state index < -0.39 is 22.0 Å². The molecule has 2 N–H and O–H groups in total. The number of benzene rings is 5. The van der Waals surface area contributed by atoms with Gasteiger partial charge in [-0.05, 0) is 40.5 Å². The molecule has 5 aromatic carbocycles. The van der Waals surface area contributed by atoms with Crippen molar-refractivity contribution in [3.63, 3.8) is 0 Å². The molecule has 0 saturated carbocycles. The average Bonchev–Trinajstić information content (AvgIpc) is 2.98. The molecule has 0 aromatic heterocycles. The standard InChI is InChI=1S/C33H28N2O3S/c36-33(31(25-14-5-1-6-15-25)26-16-7-2-8-17-26)34-29-22-13-23-30(24-29)39(37,38)35-32(27-18-9-3-10-19-27)28-20-11-4-12-21-28/h1-24,31-32,35H,(H,34,36). The molecule has 194 valence electrons. The van der Waals surface area contributed by atoms with E-state index in [0.29, 0.717) is 5.69 Å². The minimum absolute atomic E-state index is 0.0631. The number of sulfonamides is 1. The van der Waals surface area contributed by atoms with Gasteiger partial charge in [0.25, 0.3) is 0 Å². The normalized spacial score (nSPS) is 11.4. The Hall–Kier alpha value is -4.52. The molecule has 0 fully saturated rings. The van der Waals surface area contributed by atoms with Crippen molar-refractivity contribution in [2.24, 2.45) is 0 Å². The third-order valence-corrected chi connectivity index (χ3v) is 7.90. The highest BCUT2D eigenvalue weighted by atomic mass is 32.2. The van der Waals surface area contributed by atoms with E-state index in [1.165, 1.54) is 12.1 Å². The van der Waals surface area contributed by atoms with Crippen LogP contribution in [0.15, 0.2) is 150 Å². The van der Waals surface area contributed by atoms with Crippen molar-refractivity contribution < 1.29 is 13.2 Å². The molecule has 0 unspecified atom stereocenters. The molecule has 39 heavy (non-hydrogen) atoms. The molecule has 0 spiro atoms. The molecule has 0 aliphatic rings. The fourth-order valence-corrected chi connectivity index (χ4v) is 5.84. The van der Waals surface area contributed by atoms with Crippen molar-refractivity contribution >= 4 is 21.6 Å². The van der Waals surface area contributed by atoms with Gasteiger partial charge < -0.3 is 5.32 Å². The van der Waals surface area contributed by atoms with Gasteiger partial charge in [-0.15, -0.1) is 0 Å². The van der Waals surface area contributed by atoms with Crippen molar-refractivity contribution in [2.45, 2.75) is 16.9 Å². The highest BCUT2D eigenvalue weighted by molar-refractivity contribution is 7.89. The molecule has 0 bridgehead atoms. The van der Waals surface area contributed by atoms with Gasteiger partial charge in [0, 0.05) is 5.69 Å². The Bertz CT molecular complexity index is 1550. The van der Waals surface area contributed by atoms with Crippen molar-refractivity contribution in [3.8, 4) is 0 Å². The zero-order valence-electron chi connectivity index (χ0n) is 21.1. The summed E-state index contributed by atoms with van der Waals surface area (Å²) in [5.41, 5.74) is 3.74. The SMILES string of the molecule is O=C(Nc1cccc(S(=O)(=O)NC(c2ccccc2)c2ccccc2)c1)C(c1ccccc1)c1ccccc1. The maximum Gasteiger partial charge on any atom is 0.241 e. The topological polar surface area (TPSA) is 75.3 Å². The van der Waals surface area contributed by atoms with Gasteiger partial charge in [0.15, 0.2) is 0 Å². The first-order chi connectivity index (χ1) is 19.0. The Morgan fingerprint density at radius 1 is 0.538 bits per heavy atom. The molecule has 5 nitrogen and oxygen atoms in total. The fraction of sp³-hybridized carbons (Fsp3) is 0.0606.